The van der Waals surface area contributed by atoms with E-state index in [2.05, 4.69) is 10.2 Å². The van der Waals surface area contributed by atoms with Gasteiger partial charge >= 0.3 is 0 Å². The van der Waals surface area contributed by atoms with Crippen molar-refractivity contribution in [2.75, 3.05) is 0 Å². The van der Waals surface area contributed by atoms with Crippen molar-refractivity contribution in [1.29, 1.82) is 0 Å². The summed E-state index contributed by atoms with van der Waals surface area (Å²) in [6.07, 6.45) is 0.651. The van der Waals surface area contributed by atoms with E-state index in [-0.39, 0.29) is 5.75 Å². The lowest BCUT2D eigenvalue weighted by atomic mass is 10.2. The molecule has 78 valence electrons. The van der Waals surface area contributed by atoms with E-state index in [1.165, 1.54) is 0 Å². The van der Waals surface area contributed by atoms with Crippen LogP contribution in [0, 0.1) is 6.92 Å². The van der Waals surface area contributed by atoms with Crippen LogP contribution in [-0.4, -0.2) is 18.6 Å². The van der Waals surface area contributed by atoms with E-state index in [9.17, 15) is 8.42 Å². The third-order valence-electron chi connectivity index (χ3n) is 1.77. The Labute approximate surface area is 83.4 Å². The zero-order chi connectivity index (χ0) is 10.8. The number of aryl methyl sites for hydroxylation is 2. The lowest BCUT2D eigenvalue weighted by molar-refractivity contribution is 0.596. The van der Waals surface area contributed by atoms with E-state index in [1.807, 2.05) is 6.92 Å². The van der Waals surface area contributed by atoms with Crippen LogP contribution in [-0.2, 0) is 22.2 Å². The first-order valence-corrected chi connectivity index (χ1v) is 5.96. The summed E-state index contributed by atoms with van der Waals surface area (Å²) in [5, 5.41) is 12.7. The molecule has 0 aliphatic heterocycles. The number of primary sulfonamides is 1. The van der Waals surface area contributed by atoms with Crippen molar-refractivity contribution in [3.05, 3.63) is 23.0 Å². The molecule has 14 heavy (non-hydrogen) atoms. The van der Waals surface area contributed by atoms with Gasteiger partial charge in [0.25, 0.3) is 0 Å². The molecule has 6 heteroatoms. The average Bonchev–Trinajstić information content (AvgIpc) is 2.01. The normalized spacial score (nSPS) is 11.6. The highest BCUT2D eigenvalue weighted by Gasteiger charge is 2.10. The van der Waals surface area contributed by atoms with Crippen molar-refractivity contribution in [3.8, 4) is 0 Å². The van der Waals surface area contributed by atoms with E-state index in [1.54, 1.807) is 13.0 Å². The van der Waals surface area contributed by atoms with Gasteiger partial charge in [-0.1, -0.05) is 6.92 Å². The Bertz CT molecular complexity index is 428. The van der Waals surface area contributed by atoms with Crippen molar-refractivity contribution < 1.29 is 8.42 Å². The second-order valence-corrected chi connectivity index (χ2v) is 4.73. The van der Waals surface area contributed by atoms with Crippen molar-refractivity contribution in [1.82, 2.24) is 10.2 Å². The Hall–Kier alpha value is -1.01. The monoisotopic (exact) mass is 215 g/mol. The number of nitrogens with two attached hydrogens (primary N) is 1. The number of aromatic nitrogens is 2. The third-order valence-corrected chi connectivity index (χ3v) is 2.49. The van der Waals surface area contributed by atoms with Crippen LogP contribution in [0.3, 0.4) is 0 Å². The van der Waals surface area contributed by atoms with Crippen LogP contribution in [0.4, 0.5) is 0 Å². The van der Waals surface area contributed by atoms with E-state index < -0.39 is 10.0 Å². The fraction of sp³-hybridized carbons (Fsp3) is 0.500. The maximum absolute atomic E-state index is 10.9. The molecule has 0 saturated carbocycles. The molecule has 1 heterocycles. The van der Waals surface area contributed by atoms with Gasteiger partial charge in [-0.25, -0.2) is 13.6 Å². The second kappa shape index (κ2) is 4.02. The standard InChI is InChI=1S/C8H13N3O2S/c1-3-8-7(5-14(9,12)13)4-6(2)10-11-8/h4H,3,5H2,1-2H3,(H2,9,12,13). The second-order valence-electron chi connectivity index (χ2n) is 3.12. The van der Waals surface area contributed by atoms with Crippen LogP contribution < -0.4 is 5.14 Å². The van der Waals surface area contributed by atoms with Crippen LogP contribution in [0.5, 0.6) is 0 Å². The van der Waals surface area contributed by atoms with Crippen LogP contribution in [0.2, 0.25) is 0 Å². The Morgan fingerprint density at radius 2 is 2.07 bits per heavy atom. The molecule has 0 amide bonds. The minimum Gasteiger partial charge on any atom is -0.228 e. The van der Waals surface area contributed by atoms with Gasteiger partial charge in [0.05, 0.1) is 17.1 Å². The molecule has 2 N–H and O–H groups in total. The molecule has 1 aromatic heterocycles. The molecule has 0 fully saturated rings. The summed E-state index contributed by atoms with van der Waals surface area (Å²) < 4.78 is 21.8. The van der Waals surface area contributed by atoms with Crippen molar-refractivity contribution in [2.45, 2.75) is 26.0 Å². The quantitative estimate of drug-likeness (QED) is 0.776. The predicted molar refractivity (Wildman–Crippen MR) is 53.0 cm³/mol. The summed E-state index contributed by atoms with van der Waals surface area (Å²) in [5.41, 5.74) is 2.02. The number of hydrogen-bond acceptors (Lipinski definition) is 4. The van der Waals surface area contributed by atoms with Gasteiger partial charge in [0, 0.05) is 0 Å². The van der Waals surface area contributed by atoms with E-state index in [0.29, 0.717) is 23.4 Å². The largest absolute Gasteiger partial charge is 0.228 e. The van der Waals surface area contributed by atoms with Crippen LogP contribution in [0.15, 0.2) is 6.07 Å². The van der Waals surface area contributed by atoms with Crippen LogP contribution in [0.25, 0.3) is 0 Å². The lowest BCUT2D eigenvalue weighted by Crippen LogP contribution is -2.16. The molecule has 0 bridgehead atoms. The third kappa shape index (κ3) is 3.04. The van der Waals surface area contributed by atoms with Crippen molar-refractivity contribution in [2.24, 2.45) is 5.14 Å². The van der Waals surface area contributed by atoms with Gasteiger partial charge in [-0.2, -0.15) is 10.2 Å². The Morgan fingerprint density at radius 3 is 2.57 bits per heavy atom. The molecule has 1 rings (SSSR count). The van der Waals surface area contributed by atoms with Gasteiger partial charge in [-0.05, 0) is 25.0 Å². The van der Waals surface area contributed by atoms with Crippen molar-refractivity contribution in [3.63, 3.8) is 0 Å². The van der Waals surface area contributed by atoms with E-state index in [4.69, 9.17) is 5.14 Å². The number of hydrogen-bond donors (Lipinski definition) is 1. The predicted octanol–water partition coefficient (Wildman–Crippen LogP) is 0.136. The fourth-order valence-electron chi connectivity index (χ4n) is 1.21. The minimum atomic E-state index is -3.49. The molecule has 0 aliphatic rings. The Balaban J connectivity index is 3.11. The molecule has 0 aromatic carbocycles. The molecule has 1 aromatic rings. The zero-order valence-electron chi connectivity index (χ0n) is 8.19. The maximum atomic E-state index is 10.9. The smallest absolute Gasteiger partial charge is 0.213 e. The lowest BCUT2D eigenvalue weighted by Gasteiger charge is -2.05. The fourth-order valence-corrected chi connectivity index (χ4v) is 1.89. The van der Waals surface area contributed by atoms with Gasteiger partial charge in [-0.3, -0.25) is 0 Å². The summed E-state index contributed by atoms with van der Waals surface area (Å²) in [6, 6.07) is 1.70. The zero-order valence-corrected chi connectivity index (χ0v) is 9.00. The van der Waals surface area contributed by atoms with E-state index in [0.717, 1.165) is 0 Å². The van der Waals surface area contributed by atoms with Gasteiger partial charge in [0.2, 0.25) is 10.0 Å². The molecular formula is C8H13N3O2S. The highest BCUT2D eigenvalue weighted by Crippen LogP contribution is 2.09. The first kappa shape index (κ1) is 11.1. The summed E-state index contributed by atoms with van der Waals surface area (Å²) >= 11 is 0. The van der Waals surface area contributed by atoms with Gasteiger partial charge < -0.3 is 0 Å². The average molecular weight is 215 g/mol. The first-order valence-electron chi connectivity index (χ1n) is 4.25. The molecule has 0 spiro atoms. The van der Waals surface area contributed by atoms with E-state index >= 15 is 0 Å². The summed E-state index contributed by atoms with van der Waals surface area (Å²) in [7, 11) is -3.49. The molecular weight excluding hydrogens is 202 g/mol. The summed E-state index contributed by atoms with van der Waals surface area (Å²) in [4.78, 5) is 0. The minimum absolute atomic E-state index is 0.174. The Morgan fingerprint density at radius 1 is 1.43 bits per heavy atom. The van der Waals surface area contributed by atoms with Crippen LogP contribution >= 0.6 is 0 Å². The highest BCUT2D eigenvalue weighted by molar-refractivity contribution is 7.88. The molecule has 5 nitrogen and oxygen atoms in total. The van der Waals surface area contributed by atoms with Crippen molar-refractivity contribution >= 4 is 10.0 Å². The van der Waals surface area contributed by atoms with Crippen LogP contribution in [0.1, 0.15) is 23.9 Å². The number of sulfonamides is 1. The molecule has 0 atom stereocenters. The van der Waals surface area contributed by atoms with Gasteiger partial charge in [-0.15, -0.1) is 0 Å². The first-order chi connectivity index (χ1) is 6.42. The SMILES string of the molecule is CCc1nnc(C)cc1CS(N)(=O)=O. The molecule has 0 unspecified atom stereocenters. The van der Waals surface area contributed by atoms with Gasteiger partial charge in [0.15, 0.2) is 0 Å². The Kier molecular flexibility index (Phi) is 3.17. The maximum Gasteiger partial charge on any atom is 0.213 e. The molecule has 0 aliphatic carbocycles. The van der Waals surface area contributed by atoms with Gasteiger partial charge in [0.1, 0.15) is 0 Å². The highest BCUT2D eigenvalue weighted by atomic mass is 32.2. The molecule has 0 saturated heterocycles. The summed E-state index contributed by atoms with van der Waals surface area (Å²) in [6.45, 7) is 3.66. The number of rotatable bonds is 3. The number of nitrogens with zero attached hydrogens (tertiary/aromatic N) is 2. The summed E-state index contributed by atoms with van der Waals surface area (Å²) in [5.74, 6) is -0.174. The molecule has 0 radical (unpaired) electrons. The topological polar surface area (TPSA) is 85.9 Å².